The molecule has 0 aliphatic carbocycles. The van der Waals surface area contributed by atoms with E-state index in [1.807, 2.05) is 6.92 Å². The molecular formula is C24H50O4S. The first-order valence-electron chi connectivity index (χ1n) is 12.6. The minimum atomic E-state index is -3.92. The summed E-state index contributed by atoms with van der Waals surface area (Å²) in [6.07, 6.45) is 21.5. The van der Waals surface area contributed by atoms with Gasteiger partial charge in [-0.25, -0.2) is 0 Å². The molecule has 0 amide bonds. The summed E-state index contributed by atoms with van der Waals surface area (Å²) < 4.78 is 32.8. The largest absolute Gasteiger partial charge is 0.393 e. The second kappa shape index (κ2) is 19.8. The summed E-state index contributed by atoms with van der Waals surface area (Å²) in [6, 6.07) is 0. The SMILES string of the molecule is CCCCCCCCCCCCC(CCCCCCCCC(O)CC)S(=O)(=O)O. The van der Waals surface area contributed by atoms with Crippen LogP contribution in [-0.4, -0.2) is 29.4 Å². The Bertz CT molecular complexity index is 436. The molecule has 0 aromatic carbocycles. The topological polar surface area (TPSA) is 74.6 Å². The maximum absolute atomic E-state index is 11.7. The van der Waals surface area contributed by atoms with Gasteiger partial charge >= 0.3 is 0 Å². The van der Waals surface area contributed by atoms with Crippen LogP contribution in [0.5, 0.6) is 0 Å². The molecule has 29 heavy (non-hydrogen) atoms. The van der Waals surface area contributed by atoms with Crippen LogP contribution < -0.4 is 0 Å². The summed E-state index contributed by atoms with van der Waals surface area (Å²) in [5.74, 6) is 0. The number of hydrogen-bond acceptors (Lipinski definition) is 3. The molecule has 4 nitrogen and oxygen atoms in total. The van der Waals surface area contributed by atoms with E-state index in [2.05, 4.69) is 6.92 Å². The number of rotatable bonds is 22. The van der Waals surface area contributed by atoms with Gasteiger partial charge in [-0.05, 0) is 25.7 Å². The molecular weight excluding hydrogens is 384 g/mol. The highest BCUT2D eigenvalue weighted by Gasteiger charge is 2.21. The van der Waals surface area contributed by atoms with Crippen LogP contribution in [0, 0.1) is 0 Å². The molecule has 2 N–H and O–H groups in total. The third kappa shape index (κ3) is 19.6. The Morgan fingerprint density at radius 2 is 0.931 bits per heavy atom. The Labute approximate surface area is 182 Å². The van der Waals surface area contributed by atoms with Crippen molar-refractivity contribution in [3.63, 3.8) is 0 Å². The van der Waals surface area contributed by atoms with Crippen molar-refractivity contribution in [2.45, 2.75) is 154 Å². The number of unbranched alkanes of at least 4 members (excludes halogenated alkanes) is 14. The fraction of sp³-hybridized carbons (Fsp3) is 1.00. The standard InChI is InChI=1S/C24H50O4S/c1-3-5-6-7-8-9-10-11-15-18-21-24(29(26,27)28)22-19-16-13-12-14-17-20-23(25)4-2/h23-25H,3-22H2,1-2H3,(H,26,27,28). The third-order valence-electron chi connectivity index (χ3n) is 6.09. The highest BCUT2D eigenvalue weighted by atomic mass is 32.2. The molecule has 0 spiro atoms. The lowest BCUT2D eigenvalue weighted by molar-refractivity contribution is 0.156. The monoisotopic (exact) mass is 434 g/mol. The molecule has 0 aromatic heterocycles. The summed E-state index contributed by atoms with van der Waals surface area (Å²) in [4.78, 5) is 0. The van der Waals surface area contributed by atoms with Gasteiger partial charge in [0.25, 0.3) is 10.1 Å². The predicted molar refractivity (Wildman–Crippen MR) is 125 cm³/mol. The molecule has 0 fully saturated rings. The maximum atomic E-state index is 11.7. The second-order valence-electron chi connectivity index (χ2n) is 8.87. The lowest BCUT2D eigenvalue weighted by atomic mass is 10.0. The lowest BCUT2D eigenvalue weighted by Gasteiger charge is -2.14. The van der Waals surface area contributed by atoms with Crippen molar-refractivity contribution in [3.05, 3.63) is 0 Å². The van der Waals surface area contributed by atoms with Crippen LogP contribution in [0.4, 0.5) is 0 Å². The van der Waals surface area contributed by atoms with E-state index in [0.29, 0.717) is 12.8 Å². The van der Waals surface area contributed by atoms with Crippen LogP contribution >= 0.6 is 0 Å². The van der Waals surface area contributed by atoms with Crippen LogP contribution in [0.15, 0.2) is 0 Å². The molecule has 0 aliphatic heterocycles. The molecule has 2 unspecified atom stereocenters. The van der Waals surface area contributed by atoms with E-state index in [1.54, 1.807) is 0 Å². The molecule has 0 aliphatic rings. The van der Waals surface area contributed by atoms with Crippen molar-refractivity contribution in [3.8, 4) is 0 Å². The molecule has 0 saturated carbocycles. The summed E-state index contributed by atoms with van der Waals surface area (Å²) >= 11 is 0. The zero-order chi connectivity index (χ0) is 21.8. The van der Waals surface area contributed by atoms with Gasteiger partial charge in [0, 0.05) is 0 Å². The van der Waals surface area contributed by atoms with E-state index in [-0.39, 0.29) is 6.10 Å². The molecule has 5 heteroatoms. The van der Waals surface area contributed by atoms with Crippen molar-refractivity contribution in [2.24, 2.45) is 0 Å². The lowest BCUT2D eigenvalue weighted by Crippen LogP contribution is -2.20. The Morgan fingerprint density at radius 1 is 0.586 bits per heavy atom. The van der Waals surface area contributed by atoms with Crippen LogP contribution in [0.3, 0.4) is 0 Å². The Morgan fingerprint density at radius 3 is 1.28 bits per heavy atom. The highest BCUT2D eigenvalue weighted by Crippen LogP contribution is 2.19. The van der Waals surface area contributed by atoms with Crippen molar-refractivity contribution < 1.29 is 18.1 Å². The fourth-order valence-electron chi connectivity index (χ4n) is 3.96. The summed E-state index contributed by atoms with van der Waals surface area (Å²) in [6.45, 7) is 4.24. The molecule has 0 aromatic rings. The van der Waals surface area contributed by atoms with E-state index in [4.69, 9.17) is 0 Å². The van der Waals surface area contributed by atoms with E-state index < -0.39 is 15.4 Å². The molecule has 0 radical (unpaired) electrons. The average molecular weight is 435 g/mol. The minimum absolute atomic E-state index is 0.156. The normalized spacial score (nSPS) is 14.2. The highest BCUT2D eigenvalue weighted by molar-refractivity contribution is 7.86. The Hall–Kier alpha value is -0.130. The van der Waals surface area contributed by atoms with Gasteiger partial charge in [-0.1, -0.05) is 117 Å². The zero-order valence-electron chi connectivity index (χ0n) is 19.4. The van der Waals surface area contributed by atoms with E-state index in [0.717, 1.165) is 64.2 Å². The van der Waals surface area contributed by atoms with Crippen molar-refractivity contribution in [1.82, 2.24) is 0 Å². The predicted octanol–water partition coefficient (Wildman–Crippen LogP) is 7.45. The smallest absolute Gasteiger partial charge is 0.267 e. The molecule has 0 bridgehead atoms. The third-order valence-corrected chi connectivity index (χ3v) is 7.40. The molecule has 0 saturated heterocycles. The Kier molecular flexibility index (Phi) is 19.7. The van der Waals surface area contributed by atoms with E-state index in [1.165, 1.54) is 51.4 Å². The number of hydrogen-bond donors (Lipinski definition) is 2. The fourth-order valence-corrected chi connectivity index (χ4v) is 4.89. The zero-order valence-corrected chi connectivity index (χ0v) is 20.2. The summed E-state index contributed by atoms with van der Waals surface area (Å²) in [5.41, 5.74) is 0. The van der Waals surface area contributed by atoms with Gasteiger partial charge in [0.1, 0.15) is 0 Å². The van der Waals surface area contributed by atoms with Gasteiger partial charge in [-0.2, -0.15) is 8.42 Å². The van der Waals surface area contributed by atoms with Crippen LogP contribution in [0.1, 0.15) is 142 Å². The van der Waals surface area contributed by atoms with E-state index >= 15 is 0 Å². The first-order valence-corrected chi connectivity index (χ1v) is 14.1. The van der Waals surface area contributed by atoms with Crippen molar-refractivity contribution >= 4 is 10.1 Å². The first-order chi connectivity index (χ1) is 13.9. The summed E-state index contributed by atoms with van der Waals surface area (Å²) in [5, 5.41) is 8.95. The molecule has 176 valence electrons. The quantitative estimate of drug-likeness (QED) is 0.137. The van der Waals surface area contributed by atoms with Crippen LogP contribution in [0.2, 0.25) is 0 Å². The first kappa shape index (κ1) is 28.9. The Balaban J connectivity index is 3.68. The van der Waals surface area contributed by atoms with Gasteiger partial charge in [-0.15, -0.1) is 0 Å². The van der Waals surface area contributed by atoms with Crippen LogP contribution in [0.25, 0.3) is 0 Å². The van der Waals surface area contributed by atoms with Crippen molar-refractivity contribution in [1.29, 1.82) is 0 Å². The van der Waals surface area contributed by atoms with Gasteiger partial charge in [0.2, 0.25) is 0 Å². The van der Waals surface area contributed by atoms with Crippen molar-refractivity contribution in [2.75, 3.05) is 0 Å². The second-order valence-corrected chi connectivity index (χ2v) is 10.6. The summed E-state index contributed by atoms with van der Waals surface area (Å²) in [7, 11) is -3.92. The van der Waals surface area contributed by atoms with Gasteiger partial charge < -0.3 is 5.11 Å². The van der Waals surface area contributed by atoms with Gasteiger partial charge in [0.15, 0.2) is 0 Å². The molecule has 0 heterocycles. The molecule has 2 atom stereocenters. The van der Waals surface area contributed by atoms with Gasteiger partial charge in [0.05, 0.1) is 11.4 Å². The molecule has 0 rings (SSSR count). The minimum Gasteiger partial charge on any atom is -0.393 e. The average Bonchev–Trinajstić information content (AvgIpc) is 2.68. The van der Waals surface area contributed by atoms with E-state index in [9.17, 15) is 18.1 Å². The van der Waals surface area contributed by atoms with Crippen LogP contribution in [-0.2, 0) is 10.1 Å². The number of aliphatic hydroxyl groups excluding tert-OH is 1. The maximum Gasteiger partial charge on any atom is 0.267 e. The number of aliphatic hydroxyl groups is 1. The van der Waals surface area contributed by atoms with Gasteiger partial charge in [-0.3, -0.25) is 4.55 Å².